The maximum Gasteiger partial charge on any atom is 0.203 e. The van der Waals surface area contributed by atoms with Gasteiger partial charge in [-0.05, 0) is 30.7 Å². The summed E-state index contributed by atoms with van der Waals surface area (Å²) in [6.45, 7) is 1.96. The number of nitrogens with zero attached hydrogens (tertiary/aromatic N) is 2. The molecule has 3 N–H and O–H groups in total. The first-order chi connectivity index (χ1) is 12.1. The Hall–Kier alpha value is -3.22. The number of methoxy groups -OCH3 is 3. The van der Waals surface area contributed by atoms with E-state index in [4.69, 9.17) is 19.9 Å². The van der Waals surface area contributed by atoms with Crippen molar-refractivity contribution in [1.82, 2.24) is 15.2 Å². The number of aromatic amines is 1. The zero-order valence-corrected chi connectivity index (χ0v) is 14.6. The standard InChI is InChI=1S/C18H20N4O3/c1-10-5-6-11(7-13(10)19)17-20-18(22-21-17)12-8-14(23-2)16(25-4)15(9-12)24-3/h5-9H,19H2,1-4H3,(H,20,21,22). The third-order valence-corrected chi connectivity index (χ3v) is 3.96. The Kier molecular flexibility index (Phi) is 4.47. The molecular weight excluding hydrogens is 320 g/mol. The Balaban J connectivity index is 2.03. The molecule has 3 rings (SSSR count). The van der Waals surface area contributed by atoms with E-state index >= 15 is 0 Å². The lowest BCUT2D eigenvalue weighted by atomic mass is 10.1. The summed E-state index contributed by atoms with van der Waals surface area (Å²) in [7, 11) is 4.70. The summed E-state index contributed by atoms with van der Waals surface area (Å²) >= 11 is 0. The largest absolute Gasteiger partial charge is 0.493 e. The van der Waals surface area contributed by atoms with Gasteiger partial charge in [-0.2, -0.15) is 5.10 Å². The van der Waals surface area contributed by atoms with E-state index < -0.39 is 0 Å². The van der Waals surface area contributed by atoms with E-state index in [9.17, 15) is 0 Å². The molecule has 0 aliphatic carbocycles. The maximum atomic E-state index is 5.97. The molecule has 0 aliphatic heterocycles. The normalized spacial score (nSPS) is 10.6. The van der Waals surface area contributed by atoms with Gasteiger partial charge in [-0.15, -0.1) is 0 Å². The molecule has 0 saturated carbocycles. The maximum absolute atomic E-state index is 5.97. The highest BCUT2D eigenvalue weighted by atomic mass is 16.5. The summed E-state index contributed by atoms with van der Waals surface area (Å²) in [6, 6.07) is 9.38. The van der Waals surface area contributed by atoms with Crippen LogP contribution in [0.15, 0.2) is 30.3 Å². The zero-order valence-electron chi connectivity index (χ0n) is 14.6. The SMILES string of the molecule is COc1cc(-c2n[nH]c(-c3ccc(C)c(N)c3)n2)cc(OC)c1OC. The second kappa shape index (κ2) is 6.72. The van der Waals surface area contributed by atoms with Crippen LogP contribution in [0.1, 0.15) is 5.56 Å². The van der Waals surface area contributed by atoms with E-state index in [0.717, 1.165) is 16.7 Å². The fourth-order valence-corrected chi connectivity index (χ4v) is 2.52. The van der Waals surface area contributed by atoms with E-state index in [1.165, 1.54) is 0 Å². The van der Waals surface area contributed by atoms with E-state index in [1.54, 1.807) is 33.5 Å². The third kappa shape index (κ3) is 3.08. The number of benzene rings is 2. The van der Waals surface area contributed by atoms with Crippen LogP contribution < -0.4 is 19.9 Å². The van der Waals surface area contributed by atoms with Crippen molar-refractivity contribution in [1.29, 1.82) is 0 Å². The van der Waals surface area contributed by atoms with Gasteiger partial charge in [0.2, 0.25) is 5.75 Å². The molecule has 0 aliphatic rings. The van der Waals surface area contributed by atoms with Crippen molar-refractivity contribution in [2.45, 2.75) is 6.92 Å². The minimum absolute atomic E-state index is 0.522. The van der Waals surface area contributed by atoms with Gasteiger partial charge in [-0.1, -0.05) is 12.1 Å². The molecule has 130 valence electrons. The summed E-state index contributed by atoms with van der Waals surface area (Å²) in [5, 5.41) is 7.23. The van der Waals surface area contributed by atoms with Crippen LogP contribution in [-0.4, -0.2) is 36.5 Å². The number of nitrogen functional groups attached to an aromatic ring is 1. The average Bonchev–Trinajstić information content (AvgIpc) is 3.12. The molecular formula is C18H20N4O3. The van der Waals surface area contributed by atoms with Crippen molar-refractivity contribution < 1.29 is 14.2 Å². The Labute approximate surface area is 145 Å². The molecule has 0 radical (unpaired) electrons. The van der Waals surface area contributed by atoms with Gasteiger partial charge in [-0.25, -0.2) is 4.98 Å². The Bertz CT molecular complexity index is 880. The summed E-state index contributed by atoms with van der Waals surface area (Å²) < 4.78 is 16.1. The number of nitrogens with two attached hydrogens (primary N) is 1. The van der Waals surface area contributed by atoms with Crippen molar-refractivity contribution in [3.8, 4) is 40.0 Å². The Morgan fingerprint density at radius 3 is 2.16 bits per heavy atom. The van der Waals surface area contributed by atoms with Crippen molar-refractivity contribution in [3.63, 3.8) is 0 Å². The molecule has 7 nitrogen and oxygen atoms in total. The molecule has 1 aromatic heterocycles. The van der Waals surface area contributed by atoms with Crippen LogP contribution in [0.5, 0.6) is 17.2 Å². The minimum Gasteiger partial charge on any atom is -0.493 e. The van der Waals surface area contributed by atoms with Gasteiger partial charge in [0.05, 0.1) is 21.3 Å². The molecule has 1 heterocycles. The number of rotatable bonds is 5. The van der Waals surface area contributed by atoms with Crippen LogP contribution in [0.2, 0.25) is 0 Å². The molecule has 0 spiro atoms. The van der Waals surface area contributed by atoms with Gasteiger partial charge in [-0.3, -0.25) is 5.10 Å². The highest BCUT2D eigenvalue weighted by molar-refractivity contribution is 5.69. The molecule has 2 aromatic carbocycles. The summed E-state index contributed by atoms with van der Waals surface area (Å²) in [5.41, 5.74) is 9.32. The van der Waals surface area contributed by atoms with Gasteiger partial charge >= 0.3 is 0 Å². The lowest BCUT2D eigenvalue weighted by molar-refractivity contribution is 0.324. The molecule has 0 atom stereocenters. The molecule has 7 heteroatoms. The first-order valence-corrected chi connectivity index (χ1v) is 7.66. The third-order valence-electron chi connectivity index (χ3n) is 3.96. The molecule has 0 unspecified atom stereocenters. The van der Waals surface area contributed by atoms with Gasteiger partial charge in [0.1, 0.15) is 0 Å². The molecule has 0 amide bonds. The fraction of sp³-hybridized carbons (Fsp3) is 0.222. The lowest BCUT2D eigenvalue weighted by Gasteiger charge is -2.12. The molecule has 3 aromatic rings. The van der Waals surface area contributed by atoms with Crippen molar-refractivity contribution >= 4 is 5.69 Å². The van der Waals surface area contributed by atoms with Crippen LogP contribution in [0, 0.1) is 6.92 Å². The number of nitrogens with one attached hydrogen (secondary N) is 1. The molecule has 0 saturated heterocycles. The quantitative estimate of drug-likeness (QED) is 0.693. The van der Waals surface area contributed by atoms with Gasteiger partial charge in [0.25, 0.3) is 0 Å². The summed E-state index contributed by atoms with van der Waals surface area (Å²) in [6.07, 6.45) is 0. The first-order valence-electron chi connectivity index (χ1n) is 7.66. The van der Waals surface area contributed by atoms with Crippen LogP contribution in [-0.2, 0) is 0 Å². The van der Waals surface area contributed by atoms with E-state index in [0.29, 0.717) is 34.6 Å². The Morgan fingerprint density at radius 2 is 1.60 bits per heavy atom. The molecule has 0 fully saturated rings. The Morgan fingerprint density at radius 1 is 0.920 bits per heavy atom. The highest BCUT2D eigenvalue weighted by Gasteiger charge is 2.17. The van der Waals surface area contributed by atoms with Gasteiger partial charge in [0.15, 0.2) is 23.1 Å². The second-order valence-corrected chi connectivity index (χ2v) is 5.49. The topological polar surface area (TPSA) is 95.3 Å². The van der Waals surface area contributed by atoms with Crippen molar-refractivity contribution in [2.75, 3.05) is 27.1 Å². The predicted octanol–water partition coefficient (Wildman–Crippen LogP) is 3.06. The molecule has 25 heavy (non-hydrogen) atoms. The van der Waals surface area contributed by atoms with Crippen molar-refractivity contribution in [3.05, 3.63) is 35.9 Å². The van der Waals surface area contributed by atoms with E-state index in [-0.39, 0.29) is 0 Å². The average molecular weight is 340 g/mol. The van der Waals surface area contributed by atoms with Gasteiger partial charge < -0.3 is 19.9 Å². The smallest absolute Gasteiger partial charge is 0.203 e. The number of hydrogen-bond donors (Lipinski definition) is 2. The van der Waals surface area contributed by atoms with E-state index in [2.05, 4.69) is 15.2 Å². The fourth-order valence-electron chi connectivity index (χ4n) is 2.52. The predicted molar refractivity (Wildman–Crippen MR) is 96.1 cm³/mol. The van der Waals surface area contributed by atoms with Gasteiger partial charge in [0, 0.05) is 16.8 Å². The van der Waals surface area contributed by atoms with Crippen LogP contribution in [0.4, 0.5) is 5.69 Å². The summed E-state index contributed by atoms with van der Waals surface area (Å²) in [5.74, 6) is 2.77. The number of H-pyrrole nitrogens is 1. The van der Waals surface area contributed by atoms with Crippen molar-refractivity contribution in [2.24, 2.45) is 0 Å². The van der Waals surface area contributed by atoms with Crippen LogP contribution in [0.25, 0.3) is 22.8 Å². The van der Waals surface area contributed by atoms with Crippen LogP contribution in [0.3, 0.4) is 0 Å². The second-order valence-electron chi connectivity index (χ2n) is 5.49. The number of ether oxygens (including phenoxy) is 3. The molecule has 0 bridgehead atoms. The highest BCUT2D eigenvalue weighted by Crippen LogP contribution is 2.40. The summed E-state index contributed by atoms with van der Waals surface area (Å²) in [4.78, 5) is 4.55. The number of aromatic nitrogens is 3. The van der Waals surface area contributed by atoms with E-state index in [1.807, 2.05) is 25.1 Å². The number of aryl methyl sites for hydroxylation is 1. The monoisotopic (exact) mass is 340 g/mol. The first kappa shape index (κ1) is 16.6. The number of hydrogen-bond acceptors (Lipinski definition) is 6. The number of anilines is 1. The zero-order chi connectivity index (χ0) is 18.0. The lowest BCUT2D eigenvalue weighted by Crippen LogP contribution is -1.96. The minimum atomic E-state index is 0.522. The van der Waals surface area contributed by atoms with Crippen LogP contribution >= 0.6 is 0 Å².